The molecule has 0 amide bonds. The SMILES string of the molecule is NCc1cc(Br)ccc1N1CCCCC1CO. The maximum absolute atomic E-state index is 9.46. The summed E-state index contributed by atoms with van der Waals surface area (Å²) in [5, 5.41) is 9.46. The predicted octanol–water partition coefficient (Wildman–Crippen LogP) is 2.26. The van der Waals surface area contributed by atoms with Crippen LogP contribution >= 0.6 is 15.9 Å². The van der Waals surface area contributed by atoms with E-state index in [9.17, 15) is 5.11 Å². The number of aliphatic hydroxyl groups excluding tert-OH is 1. The molecule has 1 saturated heterocycles. The van der Waals surface area contributed by atoms with Crippen molar-refractivity contribution in [2.45, 2.75) is 31.8 Å². The standard InChI is InChI=1S/C13H19BrN2O/c14-11-4-5-13(10(7-11)8-15)16-6-2-1-3-12(16)9-17/h4-5,7,12,17H,1-3,6,8-9,15H2. The van der Waals surface area contributed by atoms with Gasteiger partial charge in [0.2, 0.25) is 0 Å². The Balaban J connectivity index is 2.30. The summed E-state index contributed by atoms with van der Waals surface area (Å²) >= 11 is 3.47. The van der Waals surface area contributed by atoms with Crippen LogP contribution < -0.4 is 10.6 Å². The van der Waals surface area contributed by atoms with Crippen LogP contribution in [0.5, 0.6) is 0 Å². The summed E-state index contributed by atoms with van der Waals surface area (Å²) in [6.45, 7) is 1.77. The molecule has 0 saturated carbocycles. The first-order valence-corrected chi connectivity index (χ1v) is 6.91. The van der Waals surface area contributed by atoms with Gasteiger partial charge in [-0.05, 0) is 43.0 Å². The second-order valence-electron chi connectivity index (χ2n) is 4.50. The van der Waals surface area contributed by atoms with Crippen LogP contribution in [-0.4, -0.2) is 24.3 Å². The smallest absolute Gasteiger partial charge is 0.0635 e. The van der Waals surface area contributed by atoms with Crippen LogP contribution in [0.15, 0.2) is 22.7 Å². The quantitative estimate of drug-likeness (QED) is 0.900. The number of halogens is 1. The summed E-state index contributed by atoms with van der Waals surface area (Å²) in [6, 6.07) is 6.45. The van der Waals surface area contributed by atoms with E-state index in [4.69, 9.17) is 5.73 Å². The summed E-state index contributed by atoms with van der Waals surface area (Å²) < 4.78 is 1.05. The second-order valence-corrected chi connectivity index (χ2v) is 5.42. The van der Waals surface area contributed by atoms with Crippen molar-refractivity contribution in [3.8, 4) is 0 Å². The minimum absolute atomic E-state index is 0.222. The first kappa shape index (κ1) is 12.9. The van der Waals surface area contributed by atoms with E-state index in [0.717, 1.165) is 23.0 Å². The van der Waals surface area contributed by atoms with Crippen LogP contribution in [-0.2, 0) is 6.54 Å². The van der Waals surface area contributed by atoms with Gasteiger partial charge in [0.05, 0.1) is 12.6 Å². The molecule has 4 heteroatoms. The lowest BCUT2D eigenvalue weighted by molar-refractivity contribution is 0.240. The van der Waals surface area contributed by atoms with Gasteiger partial charge >= 0.3 is 0 Å². The number of hydrogen-bond donors (Lipinski definition) is 2. The van der Waals surface area contributed by atoms with Crippen LogP contribution in [0.4, 0.5) is 5.69 Å². The van der Waals surface area contributed by atoms with Gasteiger partial charge in [-0.15, -0.1) is 0 Å². The van der Waals surface area contributed by atoms with Crippen molar-refractivity contribution < 1.29 is 5.11 Å². The number of aliphatic hydroxyl groups is 1. The Labute approximate surface area is 111 Å². The molecule has 1 heterocycles. The number of hydrogen-bond acceptors (Lipinski definition) is 3. The molecular weight excluding hydrogens is 280 g/mol. The molecule has 17 heavy (non-hydrogen) atoms. The molecule has 1 atom stereocenters. The van der Waals surface area contributed by atoms with Crippen LogP contribution in [0.2, 0.25) is 0 Å². The lowest BCUT2D eigenvalue weighted by Gasteiger charge is -2.37. The van der Waals surface area contributed by atoms with Crippen molar-refractivity contribution in [1.29, 1.82) is 0 Å². The van der Waals surface area contributed by atoms with E-state index in [-0.39, 0.29) is 12.6 Å². The highest BCUT2D eigenvalue weighted by atomic mass is 79.9. The maximum atomic E-state index is 9.46. The van der Waals surface area contributed by atoms with Crippen molar-refractivity contribution in [3.05, 3.63) is 28.2 Å². The lowest BCUT2D eigenvalue weighted by Crippen LogP contribution is -2.42. The van der Waals surface area contributed by atoms with Crippen molar-refractivity contribution in [2.24, 2.45) is 5.73 Å². The minimum atomic E-state index is 0.222. The van der Waals surface area contributed by atoms with Crippen LogP contribution in [0.1, 0.15) is 24.8 Å². The Morgan fingerprint density at radius 3 is 2.94 bits per heavy atom. The Hall–Kier alpha value is -0.580. The van der Waals surface area contributed by atoms with Gasteiger partial charge in [-0.2, -0.15) is 0 Å². The zero-order valence-electron chi connectivity index (χ0n) is 9.90. The first-order valence-electron chi connectivity index (χ1n) is 6.12. The van der Waals surface area contributed by atoms with Crippen molar-refractivity contribution in [1.82, 2.24) is 0 Å². The van der Waals surface area contributed by atoms with Crippen LogP contribution in [0.25, 0.3) is 0 Å². The monoisotopic (exact) mass is 298 g/mol. The average Bonchev–Trinajstić information content (AvgIpc) is 2.38. The molecule has 1 fully saturated rings. The highest BCUT2D eigenvalue weighted by Crippen LogP contribution is 2.29. The highest BCUT2D eigenvalue weighted by molar-refractivity contribution is 9.10. The third-order valence-electron chi connectivity index (χ3n) is 3.41. The zero-order chi connectivity index (χ0) is 12.3. The molecule has 1 aliphatic heterocycles. The molecule has 2 rings (SSSR count). The molecule has 3 N–H and O–H groups in total. The summed E-state index contributed by atoms with van der Waals surface area (Å²) in [6.07, 6.45) is 3.46. The second kappa shape index (κ2) is 5.85. The minimum Gasteiger partial charge on any atom is -0.394 e. The summed E-state index contributed by atoms with van der Waals surface area (Å²) in [5.41, 5.74) is 8.12. The van der Waals surface area contributed by atoms with E-state index < -0.39 is 0 Å². The number of benzene rings is 1. The number of nitrogens with zero attached hydrogens (tertiary/aromatic N) is 1. The molecular formula is C13H19BrN2O. The Morgan fingerprint density at radius 2 is 2.24 bits per heavy atom. The molecule has 1 unspecified atom stereocenters. The number of rotatable bonds is 3. The molecule has 0 aliphatic carbocycles. The molecule has 0 radical (unpaired) electrons. The molecule has 1 aromatic carbocycles. The largest absolute Gasteiger partial charge is 0.394 e. The Bertz CT molecular complexity index is 384. The highest BCUT2D eigenvalue weighted by Gasteiger charge is 2.23. The molecule has 1 aromatic rings. The van der Waals surface area contributed by atoms with Crippen LogP contribution in [0.3, 0.4) is 0 Å². The summed E-state index contributed by atoms with van der Waals surface area (Å²) in [7, 11) is 0. The van der Waals surface area contributed by atoms with Gasteiger partial charge in [0.1, 0.15) is 0 Å². The lowest BCUT2D eigenvalue weighted by atomic mass is 10.0. The van der Waals surface area contributed by atoms with E-state index >= 15 is 0 Å². The molecule has 0 spiro atoms. The number of nitrogens with two attached hydrogens (primary N) is 1. The molecule has 0 aromatic heterocycles. The Kier molecular flexibility index (Phi) is 4.42. The van der Waals surface area contributed by atoms with Gasteiger partial charge in [0.15, 0.2) is 0 Å². The van der Waals surface area contributed by atoms with E-state index in [2.05, 4.69) is 33.0 Å². The van der Waals surface area contributed by atoms with Gasteiger partial charge in [-0.1, -0.05) is 15.9 Å². The van der Waals surface area contributed by atoms with Crippen LogP contribution in [0, 0.1) is 0 Å². The van der Waals surface area contributed by atoms with Gasteiger partial charge in [0.25, 0.3) is 0 Å². The topological polar surface area (TPSA) is 49.5 Å². The Morgan fingerprint density at radius 1 is 1.41 bits per heavy atom. The third kappa shape index (κ3) is 2.81. The van der Waals surface area contributed by atoms with Gasteiger partial charge in [-0.25, -0.2) is 0 Å². The molecule has 1 aliphatic rings. The van der Waals surface area contributed by atoms with Gasteiger partial charge in [-0.3, -0.25) is 0 Å². The molecule has 3 nitrogen and oxygen atoms in total. The van der Waals surface area contributed by atoms with E-state index in [1.54, 1.807) is 0 Å². The van der Waals surface area contributed by atoms with E-state index in [0.29, 0.717) is 6.54 Å². The predicted molar refractivity (Wildman–Crippen MR) is 74.1 cm³/mol. The van der Waals surface area contributed by atoms with Gasteiger partial charge < -0.3 is 15.7 Å². The normalized spacial score (nSPS) is 20.6. The first-order chi connectivity index (χ1) is 8.26. The summed E-state index contributed by atoms with van der Waals surface area (Å²) in [4.78, 5) is 2.30. The fourth-order valence-corrected chi connectivity index (χ4v) is 2.91. The third-order valence-corrected chi connectivity index (χ3v) is 3.90. The van der Waals surface area contributed by atoms with Crippen molar-refractivity contribution >= 4 is 21.6 Å². The molecule has 94 valence electrons. The molecule has 0 bridgehead atoms. The maximum Gasteiger partial charge on any atom is 0.0635 e. The van der Waals surface area contributed by atoms with E-state index in [1.807, 2.05) is 6.07 Å². The zero-order valence-corrected chi connectivity index (χ0v) is 11.5. The summed E-state index contributed by atoms with van der Waals surface area (Å²) in [5.74, 6) is 0. The number of piperidine rings is 1. The van der Waals surface area contributed by atoms with E-state index in [1.165, 1.54) is 18.5 Å². The van der Waals surface area contributed by atoms with Crippen molar-refractivity contribution in [2.75, 3.05) is 18.1 Å². The fraction of sp³-hybridized carbons (Fsp3) is 0.538. The fourth-order valence-electron chi connectivity index (χ4n) is 2.51. The van der Waals surface area contributed by atoms with Crippen molar-refractivity contribution in [3.63, 3.8) is 0 Å². The number of anilines is 1. The van der Waals surface area contributed by atoms with Gasteiger partial charge in [0, 0.05) is 23.2 Å². The average molecular weight is 299 g/mol.